The second kappa shape index (κ2) is 8.15. The summed E-state index contributed by atoms with van der Waals surface area (Å²) in [5.74, 6) is -2.96. The third kappa shape index (κ3) is 5.19. The highest BCUT2D eigenvalue weighted by atomic mass is 16.5. The molecule has 6 N–H and O–H groups in total. The molecule has 0 aliphatic carbocycles. The zero-order valence-electron chi connectivity index (χ0n) is 10.2. The summed E-state index contributed by atoms with van der Waals surface area (Å²) in [7, 11) is 1.07. The van der Waals surface area contributed by atoms with E-state index >= 15 is 0 Å². The Hall–Kier alpha value is -1.10. The van der Waals surface area contributed by atoms with Crippen LogP contribution in [0.25, 0.3) is 0 Å². The predicted octanol–water partition coefficient (Wildman–Crippen LogP) is -3.52. The van der Waals surface area contributed by atoms with Gasteiger partial charge < -0.3 is 35.4 Å². The van der Waals surface area contributed by atoms with Crippen LogP contribution >= 0.6 is 0 Å². The van der Waals surface area contributed by atoms with Crippen molar-refractivity contribution in [3.8, 4) is 0 Å². The first-order valence-corrected chi connectivity index (χ1v) is 5.38. The summed E-state index contributed by atoms with van der Waals surface area (Å²) >= 11 is 0. The maximum absolute atomic E-state index is 11.0. The van der Waals surface area contributed by atoms with E-state index < -0.39 is 55.3 Å². The fourth-order valence-electron chi connectivity index (χ4n) is 1.37. The van der Waals surface area contributed by atoms with Crippen LogP contribution in [0.2, 0.25) is 0 Å². The molecule has 0 aliphatic rings. The zero-order valence-corrected chi connectivity index (χ0v) is 10.2. The van der Waals surface area contributed by atoms with Crippen molar-refractivity contribution < 1.29 is 45.0 Å². The van der Waals surface area contributed by atoms with Crippen molar-refractivity contribution in [1.82, 2.24) is 0 Å². The van der Waals surface area contributed by atoms with E-state index in [-0.39, 0.29) is 0 Å². The molecule has 0 spiro atoms. The first-order valence-electron chi connectivity index (χ1n) is 5.38. The molecule has 112 valence electrons. The van der Waals surface area contributed by atoms with Crippen molar-refractivity contribution in [3.05, 3.63) is 0 Å². The molecule has 5 unspecified atom stereocenters. The summed E-state index contributed by atoms with van der Waals surface area (Å²) in [4.78, 5) is 21.3. The van der Waals surface area contributed by atoms with Gasteiger partial charge in [0.15, 0.2) is 0 Å². The van der Waals surface area contributed by atoms with E-state index in [1.165, 1.54) is 0 Å². The van der Waals surface area contributed by atoms with E-state index in [1.807, 2.05) is 0 Å². The Kier molecular flexibility index (Phi) is 7.68. The monoisotopic (exact) mass is 282 g/mol. The van der Waals surface area contributed by atoms with Crippen LogP contribution in [0.5, 0.6) is 0 Å². The van der Waals surface area contributed by atoms with Crippen LogP contribution in [-0.2, 0) is 14.3 Å². The molecule has 0 aromatic rings. The molecule has 9 nitrogen and oxygen atoms in total. The number of hydrogen-bond donors (Lipinski definition) is 6. The van der Waals surface area contributed by atoms with E-state index in [4.69, 9.17) is 15.3 Å². The van der Waals surface area contributed by atoms with Crippen LogP contribution in [0.15, 0.2) is 0 Å². The third-order valence-corrected chi connectivity index (χ3v) is 2.59. The number of hydrogen-bond acceptors (Lipinski definition) is 8. The molecule has 0 heterocycles. The number of aliphatic hydroxyl groups is 5. The fourth-order valence-corrected chi connectivity index (χ4v) is 1.37. The lowest BCUT2D eigenvalue weighted by atomic mass is 9.96. The Bertz CT molecular complexity index is 305. The van der Waals surface area contributed by atoms with Gasteiger partial charge >= 0.3 is 5.97 Å². The van der Waals surface area contributed by atoms with E-state index in [1.54, 1.807) is 0 Å². The van der Waals surface area contributed by atoms with Crippen molar-refractivity contribution in [2.24, 2.45) is 0 Å². The molecule has 0 radical (unpaired) electrons. The predicted molar refractivity (Wildman–Crippen MR) is 59.2 cm³/mol. The lowest BCUT2D eigenvalue weighted by Crippen LogP contribution is -2.51. The summed E-state index contributed by atoms with van der Waals surface area (Å²) in [6.07, 6.45) is -9.40. The summed E-state index contributed by atoms with van der Waals surface area (Å²) in [6, 6.07) is 0. The lowest BCUT2D eigenvalue weighted by Gasteiger charge is -2.29. The third-order valence-electron chi connectivity index (χ3n) is 2.59. The van der Waals surface area contributed by atoms with Crippen molar-refractivity contribution in [3.63, 3.8) is 0 Å². The Morgan fingerprint density at radius 3 is 1.95 bits per heavy atom. The molecule has 0 bridgehead atoms. The number of Topliss-reactive ketones (excluding diaryl/α,β-unsaturated/α-hetero) is 1. The van der Waals surface area contributed by atoms with Crippen LogP contribution in [0.4, 0.5) is 0 Å². The number of methoxy groups -OCH3 is 1. The van der Waals surface area contributed by atoms with Gasteiger partial charge in [0.1, 0.15) is 24.4 Å². The number of aliphatic hydroxyl groups excluding tert-OH is 5. The molecule has 0 amide bonds. The van der Waals surface area contributed by atoms with Crippen LogP contribution in [-0.4, -0.2) is 86.6 Å². The van der Waals surface area contributed by atoms with Crippen molar-refractivity contribution in [2.75, 3.05) is 13.7 Å². The number of carbonyl (C=O) groups is 2. The van der Waals surface area contributed by atoms with Gasteiger partial charge in [0.25, 0.3) is 0 Å². The number of ketones is 1. The molecule has 0 saturated carbocycles. The first-order chi connectivity index (χ1) is 8.76. The highest BCUT2D eigenvalue weighted by molar-refractivity contribution is 6.32. The fraction of sp³-hybridized carbons (Fsp3) is 0.800. The molecule has 0 aromatic heterocycles. The number of carbonyl (C=O) groups excluding carboxylic acids is 1. The molecule has 0 fully saturated rings. The average Bonchev–Trinajstić information content (AvgIpc) is 2.40. The minimum Gasteiger partial charge on any atom is -0.475 e. The molecule has 0 saturated heterocycles. The molecule has 5 atom stereocenters. The first kappa shape index (κ1) is 17.9. The van der Waals surface area contributed by atoms with Crippen LogP contribution in [0, 0.1) is 0 Å². The lowest BCUT2D eigenvalue weighted by molar-refractivity contribution is -0.158. The molecule has 19 heavy (non-hydrogen) atoms. The number of carboxylic acid groups (broad SMARTS) is 1. The summed E-state index contributed by atoms with van der Waals surface area (Å²) in [6.45, 7) is -0.851. The van der Waals surface area contributed by atoms with Gasteiger partial charge in [-0.25, -0.2) is 4.79 Å². The van der Waals surface area contributed by atoms with Gasteiger partial charge in [-0.1, -0.05) is 0 Å². The normalized spacial score (nSPS) is 19.3. The van der Waals surface area contributed by atoms with E-state index in [0.717, 1.165) is 7.11 Å². The molecule has 9 heteroatoms. The highest BCUT2D eigenvalue weighted by Crippen LogP contribution is 2.13. The average molecular weight is 282 g/mol. The second-order valence-corrected chi connectivity index (χ2v) is 3.93. The molecule has 0 aromatic carbocycles. The largest absolute Gasteiger partial charge is 0.475 e. The minimum atomic E-state index is -1.92. The Balaban J connectivity index is 4.69. The van der Waals surface area contributed by atoms with Crippen molar-refractivity contribution in [1.29, 1.82) is 0 Å². The summed E-state index contributed by atoms with van der Waals surface area (Å²) < 4.78 is 4.67. The van der Waals surface area contributed by atoms with Crippen LogP contribution in [0.1, 0.15) is 6.42 Å². The Labute approximate surface area is 108 Å². The smallest absolute Gasteiger partial charge is 0.372 e. The zero-order chi connectivity index (χ0) is 15.2. The molecule has 0 aliphatic heterocycles. The van der Waals surface area contributed by atoms with Gasteiger partial charge in [-0.3, -0.25) is 4.79 Å². The number of carboxylic acids is 1. The summed E-state index contributed by atoms with van der Waals surface area (Å²) in [5.41, 5.74) is 0. The summed E-state index contributed by atoms with van der Waals surface area (Å²) in [5, 5.41) is 54.6. The standard InChI is InChI=1S/C10H18O9/c1-19-6(2-4(12)10(17)18)8(15)9(16)7(14)5(13)3-11/h5-9,11,13-16H,2-3H2,1H3,(H,17,18). The number of aliphatic carboxylic acids is 1. The van der Waals surface area contributed by atoms with Gasteiger partial charge in [0.05, 0.1) is 12.7 Å². The van der Waals surface area contributed by atoms with Gasteiger partial charge in [0, 0.05) is 13.5 Å². The molecular formula is C10H18O9. The number of ether oxygens (including phenoxy) is 1. The second-order valence-electron chi connectivity index (χ2n) is 3.93. The van der Waals surface area contributed by atoms with E-state index in [2.05, 4.69) is 4.74 Å². The molecule has 0 rings (SSSR count). The van der Waals surface area contributed by atoms with E-state index in [9.17, 15) is 24.9 Å². The van der Waals surface area contributed by atoms with Crippen LogP contribution in [0.3, 0.4) is 0 Å². The van der Waals surface area contributed by atoms with E-state index in [0.29, 0.717) is 0 Å². The van der Waals surface area contributed by atoms with Crippen molar-refractivity contribution >= 4 is 11.8 Å². The quantitative estimate of drug-likeness (QED) is 0.235. The van der Waals surface area contributed by atoms with Crippen molar-refractivity contribution in [2.45, 2.75) is 36.9 Å². The van der Waals surface area contributed by atoms with Crippen LogP contribution < -0.4 is 0 Å². The molecular weight excluding hydrogens is 264 g/mol. The highest BCUT2D eigenvalue weighted by Gasteiger charge is 2.36. The maximum atomic E-state index is 11.0. The van der Waals surface area contributed by atoms with Gasteiger partial charge in [-0.15, -0.1) is 0 Å². The Morgan fingerprint density at radius 2 is 1.58 bits per heavy atom. The topological polar surface area (TPSA) is 165 Å². The Morgan fingerprint density at radius 1 is 1.05 bits per heavy atom. The number of rotatable bonds is 9. The van der Waals surface area contributed by atoms with Gasteiger partial charge in [0.2, 0.25) is 5.78 Å². The minimum absolute atomic E-state index is 0.716. The van der Waals surface area contributed by atoms with Gasteiger partial charge in [-0.2, -0.15) is 0 Å². The maximum Gasteiger partial charge on any atom is 0.372 e. The van der Waals surface area contributed by atoms with Gasteiger partial charge in [-0.05, 0) is 0 Å². The SMILES string of the molecule is COC(CC(=O)C(=O)O)C(O)C(O)C(O)C(O)CO.